The van der Waals surface area contributed by atoms with Gasteiger partial charge < -0.3 is 9.15 Å². The molecule has 0 spiro atoms. The molecule has 1 heterocycles. The maximum Gasteiger partial charge on any atom is 0.341 e. The molecular formula is C20H18FNO5S. The fourth-order valence-electron chi connectivity index (χ4n) is 2.68. The second-order valence-electron chi connectivity index (χ2n) is 5.96. The Bertz CT molecular complexity index is 1050. The summed E-state index contributed by atoms with van der Waals surface area (Å²) in [5.41, 5.74) is 0.738. The van der Waals surface area contributed by atoms with Crippen LogP contribution in [0.5, 0.6) is 0 Å². The van der Waals surface area contributed by atoms with Crippen molar-refractivity contribution in [1.29, 1.82) is 0 Å². The summed E-state index contributed by atoms with van der Waals surface area (Å²) < 4.78 is 50.8. The Hall–Kier alpha value is -2.97. The van der Waals surface area contributed by atoms with E-state index in [1.54, 1.807) is 18.2 Å². The number of benzene rings is 2. The molecule has 0 atom stereocenters. The monoisotopic (exact) mass is 403 g/mol. The summed E-state index contributed by atoms with van der Waals surface area (Å²) in [6.07, 6.45) is 1.30. The third-order valence-electron chi connectivity index (χ3n) is 4.12. The third-order valence-corrected chi connectivity index (χ3v) is 5.93. The number of furan rings is 1. The quantitative estimate of drug-likeness (QED) is 0.564. The van der Waals surface area contributed by atoms with E-state index in [-0.39, 0.29) is 29.3 Å². The lowest BCUT2D eigenvalue weighted by molar-refractivity contribution is 0.0597. The number of nitrogens with zero attached hydrogens (tertiary/aromatic N) is 1. The zero-order valence-electron chi connectivity index (χ0n) is 15.0. The third kappa shape index (κ3) is 4.29. The van der Waals surface area contributed by atoms with Gasteiger partial charge in [0.05, 0.1) is 24.8 Å². The van der Waals surface area contributed by atoms with Gasteiger partial charge in [0.25, 0.3) is 0 Å². The number of carbonyl (C=O) groups is 1. The van der Waals surface area contributed by atoms with Crippen molar-refractivity contribution in [1.82, 2.24) is 4.31 Å². The molecule has 28 heavy (non-hydrogen) atoms. The molecule has 3 rings (SSSR count). The van der Waals surface area contributed by atoms with Gasteiger partial charge in [-0.25, -0.2) is 17.6 Å². The van der Waals surface area contributed by atoms with Gasteiger partial charge >= 0.3 is 5.97 Å². The van der Waals surface area contributed by atoms with Crippen molar-refractivity contribution in [2.24, 2.45) is 0 Å². The number of hydrogen-bond donors (Lipinski definition) is 0. The van der Waals surface area contributed by atoms with Crippen LogP contribution in [0.4, 0.5) is 4.39 Å². The van der Waals surface area contributed by atoms with Crippen molar-refractivity contribution >= 4 is 16.0 Å². The first-order valence-corrected chi connectivity index (χ1v) is 9.80. The van der Waals surface area contributed by atoms with Crippen LogP contribution in [0.2, 0.25) is 0 Å². The minimum absolute atomic E-state index is 0.0289. The fourth-order valence-corrected chi connectivity index (χ4v) is 4.08. The molecule has 0 fully saturated rings. The van der Waals surface area contributed by atoms with Gasteiger partial charge in [-0.15, -0.1) is 0 Å². The second-order valence-corrected chi connectivity index (χ2v) is 7.90. The standard InChI is InChI=1S/C20H18FNO5S/c1-26-20(23)18-11-12-27-19(18)14-22(13-15-7-9-16(21)10-8-15)28(24,25)17-5-3-2-4-6-17/h2-12H,13-14H2,1H3. The van der Waals surface area contributed by atoms with Crippen LogP contribution in [-0.2, 0) is 27.8 Å². The molecular weight excluding hydrogens is 385 g/mol. The number of carbonyl (C=O) groups excluding carboxylic acids is 1. The lowest BCUT2D eigenvalue weighted by atomic mass is 10.2. The first-order valence-electron chi connectivity index (χ1n) is 8.36. The van der Waals surface area contributed by atoms with E-state index >= 15 is 0 Å². The van der Waals surface area contributed by atoms with Crippen molar-refractivity contribution in [2.75, 3.05) is 7.11 Å². The molecule has 0 radical (unpaired) electrons. The second kappa shape index (κ2) is 8.37. The zero-order valence-corrected chi connectivity index (χ0v) is 15.9. The summed E-state index contributed by atoms with van der Waals surface area (Å²) in [6, 6.07) is 14.9. The summed E-state index contributed by atoms with van der Waals surface area (Å²) >= 11 is 0. The first-order chi connectivity index (χ1) is 13.4. The minimum atomic E-state index is -3.91. The molecule has 0 N–H and O–H groups in total. The topological polar surface area (TPSA) is 76.8 Å². The van der Waals surface area contributed by atoms with Crippen molar-refractivity contribution in [2.45, 2.75) is 18.0 Å². The lowest BCUT2D eigenvalue weighted by Crippen LogP contribution is -2.30. The van der Waals surface area contributed by atoms with E-state index < -0.39 is 21.8 Å². The Morgan fingerprint density at radius 1 is 1.04 bits per heavy atom. The molecule has 0 aliphatic carbocycles. The molecule has 6 nitrogen and oxygen atoms in total. The lowest BCUT2D eigenvalue weighted by Gasteiger charge is -2.22. The molecule has 3 aromatic rings. The van der Waals surface area contributed by atoms with Crippen LogP contribution in [0, 0.1) is 5.82 Å². The number of rotatable bonds is 7. The van der Waals surface area contributed by atoms with E-state index in [0.29, 0.717) is 5.56 Å². The van der Waals surface area contributed by atoms with Gasteiger partial charge in [-0.1, -0.05) is 30.3 Å². The summed E-state index contributed by atoms with van der Waals surface area (Å²) in [6.45, 7) is -0.217. The van der Waals surface area contributed by atoms with Crippen LogP contribution in [0.15, 0.2) is 76.2 Å². The number of methoxy groups -OCH3 is 1. The number of esters is 1. The van der Waals surface area contributed by atoms with Crippen molar-refractivity contribution < 1.29 is 26.8 Å². The summed E-state index contributed by atoms with van der Waals surface area (Å²) in [4.78, 5) is 12.0. The van der Waals surface area contributed by atoms with Crippen LogP contribution >= 0.6 is 0 Å². The van der Waals surface area contributed by atoms with Crippen molar-refractivity contribution in [3.8, 4) is 0 Å². The average molecular weight is 403 g/mol. The van der Waals surface area contributed by atoms with Crippen LogP contribution in [-0.4, -0.2) is 25.8 Å². The minimum Gasteiger partial charge on any atom is -0.467 e. The van der Waals surface area contributed by atoms with Gasteiger partial charge in [-0.2, -0.15) is 4.31 Å². The highest BCUT2D eigenvalue weighted by molar-refractivity contribution is 7.89. The van der Waals surface area contributed by atoms with Gasteiger partial charge in [0.15, 0.2) is 0 Å². The Balaban J connectivity index is 1.98. The normalized spacial score (nSPS) is 11.5. The van der Waals surface area contributed by atoms with Crippen LogP contribution < -0.4 is 0 Å². The molecule has 0 bridgehead atoms. The predicted molar refractivity (Wildman–Crippen MR) is 99.3 cm³/mol. The molecule has 0 aliphatic heterocycles. The number of sulfonamides is 1. The Labute approximate surface area is 162 Å². The van der Waals surface area contributed by atoms with Crippen molar-refractivity contribution in [3.05, 3.63) is 89.6 Å². The van der Waals surface area contributed by atoms with E-state index in [2.05, 4.69) is 0 Å². The summed E-state index contributed by atoms with van der Waals surface area (Å²) in [5.74, 6) is -0.878. The molecule has 2 aromatic carbocycles. The maximum absolute atomic E-state index is 13.2. The van der Waals surface area contributed by atoms with Gasteiger partial charge in [0.2, 0.25) is 10.0 Å². The molecule has 146 valence electrons. The highest BCUT2D eigenvalue weighted by atomic mass is 32.2. The maximum atomic E-state index is 13.2. The summed E-state index contributed by atoms with van der Waals surface area (Å²) in [5, 5.41) is 0. The van der Waals surface area contributed by atoms with E-state index in [0.717, 1.165) is 0 Å². The summed E-state index contributed by atoms with van der Waals surface area (Å²) in [7, 11) is -2.67. The molecule has 0 saturated heterocycles. The van der Waals surface area contributed by atoms with Crippen LogP contribution in [0.1, 0.15) is 21.7 Å². The van der Waals surface area contributed by atoms with Gasteiger partial charge in [-0.3, -0.25) is 0 Å². The highest BCUT2D eigenvalue weighted by Gasteiger charge is 2.28. The molecule has 0 amide bonds. The molecule has 1 aromatic heterocycles. The Kier molecular flexibility index (Phi) is 5.91. The number of halogens is 1. The number of ether oxygens (including phenoxy) is 1. The van der Waals surface area contributed by atoms with Crippen molar-refractivity contribution in [3.63, 3.8) is 0 Å². The van der Waals surface area contributed by atoms with E-state index in [1.807, 2.05) is 0 Å². The first kappa shape index (κ1) is 19.8. The van der Waals surface area contributed by atoms with Gasteiger partial charge in [0, 0.05) is 6.54 Å². The average Bonchev–Trinajstić information content (AvgIpc) is 3.17. The van der Waals surface area contributed by atoms with E-state index in [9.17, 15) is 17.6 Å². The SMILES string of the molecule is COC(=O)c1ccoc1CN(Cc1ccc(F)cc1)S(=O)(=O)c1ccccc1. The molecule has 0 unspecified atom stereocenters. The van der Waals surface area contributed by atoms with Crippen LogP contribution in [0.3, 0.4) is 0 Å². The van der Waals surface area contributed by atoms with Gasteiger partial charge in [0.1, 0.15) is 17.1 Å². The number of hydrogen-bond acceptors (Lipinski definition) is 5. The van der Waals surface area contributed by atoms with Gasteiger partial charge in [-0.05, 0) is 35.9 Å². The smallest absolute Gasteiger partial charge is 0.341 e. The van der Waals surface area contributed by atoms with E-state index in [4.69, 9.17) is 9.15 Å². The predicted octanol–water partition coefficient (Wildman–Crippen LogP) is 3.60. The Morgan fingerprint density at radius 2 is 1.71 bits per heavy atom. The Morgan fingerprint density at radius 3 is 2.36 bits per heavy atom. The zero-order chi connectivity index (χ0) is 20.1. The van der Waals surface area contributed by atoms with E-state index in [1.165, 1.54) is 60.1 Å². The molecule has 0 aliphatic rings. The van der Waals surface area contributed by atoms with Crippen LogP contribution in [0.25, 0.3) is 0 Å². The molecule has 0 saturated carbocycles. The largest absolute Gasteiger partial charge is 0.467 e. The highest BCUT2D eigenvalue weighted by Crippen LogP contribution is 2.23. The molecule has 8 heteroatoms. The fraction of sp³-hybridized carbons (Fsp3) is 0.150.